The summed E-state index contributed by atoms with van der Waals surface area (Å²) in [5.74, 6) is -0.549. The summed E-state index contributed by atoms with van der Waals surface area (Å²) < 4.78 is 11.0. The molecule has 0 amide bonds. The average Bonchev–Trinajstić information content (AvgIpc) is 2.94. The van der Waals surface area contributed by atoms with E-state index in [0.717, 1.165) is 31.2 Å². The summed E-state index contributed by atoms with van der Waals surface area (Å²) in [6.07, 6.45) is 3.69. The lowest BCUT2D eigenvalue weighted by molar-refractivity contribution is -0.121. The van der Waals surface area contributed by atoms with Crippen LogP contribution in [0, 0.1) is 0 Å². The number of phenols is 4. The van der Waals surface area contributed by atoms with Crippen LogP contribution in [0.5, 0.6) is 34.5 Å². The predicted molar refractivity (Wildman–Crippen MR) is 155 cm³/mol. The summed E-state index contributed by atoms with van der Waals surface area (Å²) in [6.45, 7) is 2.09. The zero-order valence-corrected chi connectivity index (χ0v) is 23.5. The number of ketones is 1. The molecule has 3 aromatic rings. The average molecular weight is 568 g/mol. The van der Waals surface area contributed by atoms with Gasteiger partial charge in [-0.1, -0.05) is 44.4 Å². The largest absolute Gasteiger partial charge is 0.508 e. The van der Waals surface area contributed by atoms with E-state index in [0.29, 0.717) is 24.0 Å². The second-order valence-electron chi connectivity index (χ2n) is 10.3. The number of benzene rings is 3. The molecule has 0 radical (unpaired) electrons. The van der Waals surface area contributed by atoms with E-state index in [1.807, 2.05) is 0 Å². The van der Waals surface area contributed by atoms with Crippen molar-refractivity contribution in [2.24, 2.45) is 5.73 Å². The van der Waals surface area contributed by atoms with Crippen molar-refractivity contribution >= 4 is 5.78 Å². The molecule has 0 saturated carbocycles. The van der Waals surface area contributed by atoms with Gasteiger partial charge >= 0.3 is 0 Å². The van der Waals surface area contributed by atoms with Crippen LogP contribution in [-0.4, -0.2) is 44.2 Å². The van der Waals surface area contributed by atoms with E-state index in [1.54, 1.807) is 42.5 Å². The molecule has 41 heavy (non-hydrogen) atoms. The number of ether oxygens (including phenoxy) is 2. The molecular formula is C32H41NO8. The maximum absolute atomic E-state index is 12.7. The van der Waals surface area contributed by atoms with E-state index < -0.39 is 6.10 Å². The van der Waals surface area contributed by atoms with Gasteiger partial charge < -0.3 is 35.0 Å². The molecule has 7 N–H and O–H groups in total. The molecule has 0 bridgehead atoms. The van der Waals surface area contributed by atoms with Crippen LogP contribution >= 0.6 is 0 Å². The molecule has 9 nitrogen and oxygen atoms in total. The van der Waals surface area contributed by atoms with Crippen LogP contribution in [0.2, 0.25) is 0 Å². The molecule has 3 rings (SSSR count). The minimum Gasteiger partial charge on any atom is -0.508 e. The number of hydrogen-bond acceptors (Lipinski definition) is 9. The minimum absolute atomic E-state index is 0.0144. The number of phenolic OH excluding ortho intramolecular Hbond substituents is 4. The van der Waals surface area contributed by atoms with Gasteiger partial charge in [-0.3, -0.25) is 10.5 Å². The molecular weight excluding hydrogens is 526 g/mol. The van der Waals surface area contributed by atoms with Gasteiger partial charge in [0.15, 0.2) is 23.0 Å². The summed E-state index contributed by atoms with van der Waals surface area (Å²) >= 11 is 0. The van der Waals surface area contributed by atoms with Gasteiger partial charge in [0.2, 0.25) is 5.75 Å². The van der Waals surface area contributed by atoms with Crippen molar-refractivity contribution in [3.63, 3.8) is 0 Å². The van der Waals surface area contributed by atoms with E-state index in [2.05, 4.69) is 6.92 Å². The van der Waals surface area contributed by atoms with Crippen molar-refractivity contribution < 1.29 is 39.8 Å². The fourth-order valence-corrected chi connectivity index (χ4v) is 4.81. The second-order valence-corrected chi connectivity index (χ2v) is 10.3. The summed E-state index contributed by atoms with van der Waals surface area (Å²) in [4.78, 5) is 12.7. The van der Waals surface area contributed by atoms with Crippen molar-refractivity contribution in [3.05, 3.63) is 71.3 Å². The van der Waals surface area contributed by atoms with Gasteiger partial charge in [0.25, 0.3) is 0 Å². The van der Waals surface area contributed by atoms with Crippen molar-refractivity contribution in [2.45, 2.75) is 76.9 Å². The molecule has 0 unspecified atom stereocenters. The SMILES string of the molecule is CCCCC[C@H](C[C@@H](O)CC(=O)CCc1ccc(O)c(OCN)c1)c1cc(O)c(O)c(OCc2cccc(O)c2)c1. The van der Waals surface area contributed by atoms with Crippen LogP contribution in [0.4, 0.5) is 0 Å². The van der Waals surface area contributed by atoms with Gasteiger partial charge in [0.05, 0.1) is 6.10 Å². The van der Waals surface area contributed by atoms with Crippen molar-refractivity contribution in [1.29, 1.82) is 0 Å². The third-order valence-corrected chi connectivity index (χ3v) is 6.99. The van der Waals surface area contributed by atoms with Crippen LogP contribution in [0.3, 0.4) is 0 Å². The zero-order valence-electron chi connectivity index (χ0n) is 23.5. The first-order valence-corrected chi connectivity index (χ1v) is 14.0. The lowest BCUT2D eigenvalue weighted by atomic mass is 9.86. The molecule has 2 atom stereocenters. The maximum Gasteiger partial charge on any atom is 0.200 e. The van der Waals surface area contributed by atoms with Gasteiger partial charge in [-0.25, -0.2) is 0 Å². The minimum atomic E-state index is -0.891. The highest BCUT2D eigenvalue weighted by Gasteiger charge is 2.22. The topological polar surface area (TPSA) is 163 Å². The molecule has 0 aliphatic rings. The number of aryl methyl sites for hydroxylation is 1. The van der Waals surface area contributed by atoms with Gasteiger partial charge in [-0.2, -0.15) is 0 Å². The summed E-state index contributed by atoms with van der Waals surface area (Å²) in [5, 5.41) is 51.3. The van der Waals surface area contributed by atoms with Crippen LogP contribution < -0.4 is 15.2 Å². The van der Waals surface area contributed by atoms with E-state index in [-0.39, 0.29) is 72.4 Å². The standard InChI is InChI=1S/C32H41NO8/c1-2-3-4-7-23(15-27(36)18-26(35)11-9-21-10-12-28(37)30(14-21)41-20-33)24-16-29(38)32(39)31(17-24)40-19-22-6-5-8-25(34)13-22/h5-6,8,10,12-14,16-17,23,27,34,36-39H,2-4,7,9,11,15,18-20,33H2,1H3/t23-,27-/m1/s1. The number of hydrogen-bond donors (Lipinski definition) is 6. The fraction of sp³-hybridized carbons (Fsp3) is 0.406. The van der Waals surface area contributed by atoms with E-state index in [4.69, 9.17) is 15.2 Å². The smallest absolute Gasteiger partial charge is 0.200 e. The highest BCUT2D eigenvalue weighted by atomic mass is 16.5. The Balaban J connectivity index is 1.66. The van der Waals surface area contributed by atoms with Gasteiger partial charge in [-0.15, -0.1) is 0 Å². The molecule has 0 saturated heterocycles. The third kappa shape index (κ3) is 9.88. The Labute approximate surface area is 240 Å². The summed E-state index contributed by atoms with van der Waals surface area (Å²) in [6, 6.07) is 14.6. The molecule has 0 aliphatic carbocycles. The predicted octanol–water partition coefficient (Wildman–Crippen LogP) is 5.39. The van der Waals surface area contributed by atoms with Crippen molar-refractivity contribution in [1.82, 2.24) is 0 Å². The van der Waals surface area contributed by atoms with Crippen LogP contribution in [-0.2, 0) is 17.8 Å². The number of nitrogens with two attached hydrogens (primary N) is 1. The number of Topliss-reactive ketones (excluding diaryl/α,β-unsaturated/α-hetero) is 1. The van der Waals surface area contributed by atoms with Gasteiger partial charge in [0, 0.05) is 12.8 Å². The van der Waals surface area contributed by atoms with Crippen LogP contribution in [0.15, 0.2) is 54.6 Å². The first-order chi connectivity index (χ1) is 19.7. The Kier molecular flexibility index (Phi) is 12.1. The third-order valence-electron chi connectivity index (χ3n) is 6.99. The lowest BCUT2D eigenvalue weighted by Gasteiger charge is -2.22. The molecule has 222 valence electrons. The van der Waals surface area contributed by atoms with Gasteiger partial charge in [0.1, 0.15) is 24.9 Å². The Bertz CT molecular complexity index is 1280. The Morgan fingerprint density at radius 1 is 0.902 bits per heavy atom. The van der Waals surface area contributed by atoms with Gasteiger partial charge in [-0.05, 0) is 78.3 Å². The Hall–Kier alpha value is -3.95. The van der Waals surface area contributed by atoms with Crippen LogP contribution in [0.1, 0.15) is 74.5 Å². The zero-order chi connectivity index (χ0) is 29.8. The maximum atomic E-state index is 12.7. The van der Waals surface area contributed by atoms with E-state index >= 15 is 0 Å². The highest BCUT2D eigenvalue weighted by molar-refractivity contribution is 5.79. The molecule has 0 fully saturated rings. The number of carbonyl (C=O) groups is 1. The summed E-state index contributed by atoms with van der Waals surface area (Å²) in [7, 11) is 0. The highest BCUT2D eigenvalue weighted by Crippen LogP contribution is 2.41. The number of aromatic hydroxyl groups is 4. The molecule has 0 aliphatic heterocycles. The number of aliphatic hydroxyl groups excluding tert-OH is 1. The first kappa shape index (κ1) is 31.6. The quantitative estimate of drug-likeness (QED) is 0.0713. The molecule has 9 heteroatoms. The van der Waals surface area contributed by atoms with E-state index in [1.165, 1.54) is 12.1 Å². The van der Waals surface area contributed by atoms with Crippen LogP contribution in [0.25, 0.3) is 0 Å². The number of unbranched alkanes of at least 4 members (excludes halogenated alkanes) is 2. The Morgan fingerprint density at radius 3 is 2.44 bits per heavy atom. The van der Waals surface area contributed by atoms with Crippen molar-refractivity contribution in [3.8, 4) is 34.5 Å². The first-order valence-electron chi connectivity index (χ1n) is 14.0. The number of carbonyl (C=O) groups excluding carboxylic acids is 1. The molecule has 3 aromatic carbocycles. The fourth-order valence-electron chi connectivity index (χ4n) is 4.81. The normalized spacial score (nSPS) is 12.6. The second kappa shape index (κ2) is 15.7. The number of rotatable bonds is 17. The van der Waals surface area contributed by atoms with E-state index in [9.17, 15) is 30.3 Å². The Morgan fingerprint density at radius 2 is 1.71 bits per heavy atom. The lowest BCUT2D eigenvalue weighted by Crippen LogP contribution is -2.18. The monoisotopic (exact) mass is 567 g/mol. The van der Waals surface area contributed by atoms with Crippen molar-refractivity contribution in [2.75, 3.05) is 6.73 Å². The molecule has 0 heterocycles. The molecule has 0 aromatic heterocycles. The molecule has 0 spiro atoms. The number of aliphatic hydroxyl groups is 1. The summed E-state index contributed by atoms with van der Waals surface area (Å²) in [5.41, 5.74) is 7.59.